The van der Waals surface area contributed by atoms with Crippen molar-refractivity contribution >= 4 is 17.3 Å². The molecule has 5 heteroatoms. The minimum absolute atomic E-state index is 0.112. The van der Waals surface area contributed by atoms with E-state index in [-0.39, 0.29) is 5.91 Å². The lowest BCUT2D eigenvalue weighted by Gasteiger charge is -2.35. The summed E-state index contributed by atoms with van der Waals surface area (Å²) in [4.78, 5) is 17.2. The van der Waals surface area contributed by atoms with E-state index in [1.165, 1.54) is 0 Å². The summed E-state index contributed by atoms with van der Waals surface area (Å²) in [5, 5.41) is 3.04. The molecule has 2 aromatic carbocycles. The molecule has 0 spiro atoms. The Hall–Kier alpha value is -2.53. The second-order valence-electron chi connectivity index (χ2n) is 5.99. The Labute approximate surface area is 142 Å². The van der Waals surface area contributed by atoms with Crippen molar-refractivity contribution in [3.63, 3.8) is 0 Å². The Bertz CT molecular complexity index is 692. The summed E-state index contributed by atoms with van der Waals surface area (Å²) in [6, 6.07) is 15.1. The topological polar surface area (TPSA) is 44.8 Å². The van der Waals surface area contributed by atoms with Gasteiger partial charge in [0.1, 0.15) is 5.75 Å². The number of rotatable bonds is 4. The van der Waals surface area contributed by atoms with E-state index in [2.05, 4.69) is 28.2 Å². The van der Waals surface area contributed by atoms with Gasteiger partial charge in [0.15, 0.2) is 0 Å². The van der Waals surface area contributed by atoms with Crippen LogP contribution in [0, 0.1) is 0 Å². The van der Waals surface area contributed by atoms with Gasteiger partial charge in [-0.05, 0) is 43.4 Å². The maximum atomic E-state index is 12.5. The summed E-state index contributed by atoms with van der Waals surface area (Å²) in [6.45, 7) is 3.99. The summed E-state index contributed by atoms with van der Waals surface area (Å²) >= 11 is 0. The third-order valence-electron chi connectivity index (χ3n) is 4.35. The Morgan fingerprint density at radius 1 is 1.00 bits per heavy atom. The molecule has 1 N–H and O–H groups in total. The number of anilines is 2. The molecular formula is C19H23N3O2. The number of piperazine rings is 1. The van der Waals surface area contributed by atoms with Crippen LogP contribution < -0.4 is 15.0 Å². The highest BCUT2D eigenvalue weighted by atomic mass is 16.5. The molecule has 0 radical (unpaired) electrons. The van der Waals surface area contributed by atoms with Crippen LogP contribution in [-0.4, -0.2) is 51.1 Å². The lowest BCUT2D eigenvalue weighted by molar-refractivity contribution is 0.102. The van der Waals surface area contributed by atoms with Crippen LogP contribution in [0.4, 0.5) is 11.4 Å². The number of benzene rings is 2. The quantitative estimate of drug-likeness (QED) is 0.939. The zero-order valence-corrected chi connectivity index (χ0v) is 14.2. The molecule has 1 fully saturated rings. The average molecular weight is 325 g/mol. The second kappa shape index (κ2) is 7.36. The molecule has 1 aliphatic heterocycles. The first kappa shape index (κ1) is 16.3. The normalized spacial score (nSPS) is 15.2. The van der Waals surface area contributed by atoms with E-state index in [4.69, 9.17) is 4.74 Å². The predicted octanol–water partition coefficient (Wildman–Crippen LogP) is 2.70. The van der Waals surface area contributed by atoms with Crippen molar-refractivity contribution in [1.29, 1.82) is 0 Å². The number of carbonyl (C=O) groups excluding carboxylic acids is 1. The molecule has 1 heterocycles. The third kappa shape index (κ3) is 3.68. The number of para-hydroxylation sites is 2. The van der Waals surface area contributed by atoms with E-state index in [9.17, 15) is 4.79 Å². The van der Waals surface area contributed by atoms with Gasteiger partial charge in [0.25, 0.3) is 5.91 Å². The van der Waals surface area contributed by atoms with E-state index in [1.807, 2.05) is 18.2 Å². The van der Waals surface area contributed by atoms with Crippen molar-refractivity contribution in [1.82, 2.24) is 4.90 Å². The molecule has 126 valence electrons. The fourth-order valence-corrected chi connectivity index (χ4v) is 2.84. The summed E-state index contributed by atoms with van der Waals surface area (Å²) in [5.74, 6) is 0.628. The molecule has 0 atom stereocenters. The molecule has 0 aromatic heterocycles. The first-order chi connectivity index (χ1) is 11.7. The number of hydrogen-bond acceptors (Lipinski definition) is 4. The van der Waals surface area contributed by atoms with Crippen molar-refractivity contribution in [3.05, 3.63) is 54.1 Å². The van der Waals surface area contributed by atoms with Gasteiger partial charge in [-0.15, -0.1) is 0 Å². The van der Waals surface area contributed by atoms with Crippen molar-refractivity contribution in [2.45, 2.75) is 0 Å². The van der Waals surface area contributed by atoms with Crippen LogP contribution in [-0.2, 0) is 0 Å². The lowest BCUT2D eigenvalue weighted by Crippen LogP contribution is -2.44. The second-order valence-corrected chi connectivity index (χ2v) is 5.99. The standard InChI is InChI=1S/C19H23N3O2/c1-21-11-13-22(14-12-21)18-6-4-3-5-17(18)20-19(23)15-7-9-16(24-2)10-8-15/h3-10H,11-14H2,1-2H3,(H,20,23). The van der Waals surface area contributed by atoms with Gasteiger partial charge in [0.2, 0.25) is 0 Å². The zero-order chi connectivity index (χ0) is 16.9. The van der Waals surface area contributed by atoms with Crippen LogP contribution in [0.25, 0.3) is 0 Å². The van der Waals surface area contributed by atoms with Crippen LogP contribution >= 0.6 is 0 Å². The minimum Gasteiger partial charge on any atom is -0.497 e. The Morgan fingerprint density at radius 2 is 1.67 bits per heavy atom. The van der Waals surface area contributed by atoms with Gasteiger partial charge in [-0.1, -0.05) is 12.1 Å². The van der Waals surface area contributed by atoms with Gasteiger partial charge in [0, 0.05) is 31.7 Å². The molecule has 0 unspecified atom stereocenters. The lowest BCUT2D eigenvalue weighted by atomic mass is 10.1. The highest BCUT2D eigenvalue weighted by Crippen LogP contribution is 2.27. The molecule has 1 aliphatic rings. The molecular weight excluding hydrogens is 302 g/mol. The van der Waals surface area contributed by atoms with Gasteiger partial charge in [-0.3, -0.25) is 4.79 Å². The van der Waals surface area contributed by atoms with Crippen molar-refractivity contribution in [3.8, 4) is 5.75 Å². The zero-order valence-electron chi connectivity index (χ0n) is 14.2. The first-order valence-corrected chi connectivity index (χ1v) is 8.15. The van der Waals surface area contributed by atoms with E-state index in [0.717, 1.165) is 43.3 Å². The highest BCUT2D eigenvalue weighted by molar-refractivity contribution is 6.06. The Morgan fingerprint density at radius 3 is 2.33 bits per heavy atom. The number of likely N-dealkylation sites (N-methyl/N-ethyl adjacent to an activating group) is 1. The summed E-state index contributed by atoms with van der Waals surface area (Å²) in [6.07, 6.45) is 0. The van der Waals surface area contributed by atoms with Gasteiger partial charge >= 0.3 is 0 Å². The number of carbonyl (C=O) groups is 1. The molecule has 1 saturated heterocycles. The van der Waals surface area contributed by atoms with Crippen LogP contribution in [0.5, 0.6) is 5.75 Å². The number of hydrogen-bond donors (Lipinski definition) is 1. The molecule has 0 saturated carbocycles. The Balaban J connectivity index is 1.75. The summed E-state index contributed by atoms with van der Waals surface area (Å²) in [7, 11) is 3.75. The van der Waals surface area contributed by atoms with Gasteiger partial charge < -0.3 is 19.9 Å². The SMILES string of the molecule is COc1ccc(C(=O)Nc2ccccc2N2CCN(C)CC2)cc1. The molecule has 1 amide bonds. The number of amides is 1. The number of methoxy groups -OCH3 is 1. The van der Waals surface area contributed by atoms with Crippen molar-refractivity contribution in [2.75, 3.05) is 50.6 Å². The number of nitrogens with one attached hydrogen (secondary N) is 1. The molecule has 0 aliphatic carbocycles. The van der Waals surface area contributed by atoms with E-state index in [1.54, 1.807) is 31.4 Å². The third-order valence-corrected chi connectivity index (χ3v) is 4.35. The fraction of sp³-hybridized carbons (Fsp3) is 0.316. The van der Waals surface area contributed by atoms with Gasteiger partial charge in [-0.2, -0.15) is 0 Å². The smallest absolute Gasteiger partial charge is 0.255 e. The average Bonchev–Trinajstić information content (AvgIpc) is 2.63. The van der Waals surface area contributed by atoms with E-state index in [0.29, 0.717) is 5.56 Å². The number of ether oxygens (including phenoxy) is 1. The number of nitrogens with zero attached hydrogens (tertiary/aromatic N) is 2. The van der Waals surface area contributed by atoms with Crippen LogP contribution in [0.3, 0.4) is 0 Å². The Kier molecular flexibility index (Phi) is 5.01. The minimum atomic E-state index is -0.112. The fourth-order valence-electron chi connectivity index (χ4n) is 2.84. The van der Waals surface area contributed by atoms with E-state index >= 15 is 0 Å². The largest absolute Gasteiger partial charge is 0.497 e. The molecule has 3 rings (SSSR count). The molecule has 5 nitrogen and oxygen atoms in total. The monoisotopic (exact) mass is 325 g/mol. The van der Waals surface area contributed by atoms with Crippen LogP contribution in [0.1, 0.15) is 10.4 Å². The summed E-state index contributed by atoms with van der Waals surface area (Å²) in [5.41, 5.74) is 2.54. The van der Waals surface area contributed by atoms with Crippen LogP contribution in [0.15, 0.2) is 48.5 Å². The summed E-state index contributed by atoms with van der Waals surface area (Å²) < 4.78 is 5.13. The molecule has 2 aromatic rings. The van der Waals surface area contributed by atoms with Crippen molar-refractivity contribution < 1.29 is 9.53 Å². The maximum absolute atomic E-state index is 12.5. The highest BCUT2D eigenvalue weighted by Gasteiger charge is 2.18. The predicted molar refractivity (Wildman–Crippen MR) is 97.1 cm³/mol. The van der Waals surface area contributed by atoms with Crippen molar-refractivity contribution in [2.24, 2.45) is 0 Å². The molecule has 0 bridgehead atoms. The van der Waals surface area contributed by atoms with Crippen LogP contribution in [0.2, 0.25) is 0 Å². The van der Waals surface area contributed by atoms with E-state index < -0.39 is 0 Å². The van der Waals surface area contributed by atoms with Gasteiger partial charge in [-0.25, -0.2) is 0 Å². The van der Waals surface area contributed by atoms with Gasteiger partial charge in [0.05, 0.1) is 18.5 Å². The first-order valence-electron chi connectivity index (χ1n) is 8.15. The maximum Gasteiger partial charge on any atom is 0.255 e. The molecule has 24 heavy (non-hydrogen) atoms.